The minimum atomic E-state index is -0.216. The fourth-order valence-electron chi connectivity index (χ4n) is 1.98. The van der Waals surface area contributed by atoms with E-state index in [1.54, 1.807) is 42.0 Å². The Hall–Kier alpha value is -2.12. The highest BCUT2D eigenvalue weighted by atomic mass is 16.5. The van der Waals surface area contributed by atoms with Crippen molar-refractivity contribution >= 4 is 11.6 Å². The van der Waals surface area contributed by atoms with Gasteiger partial charge in [-0.2, -0.15) is 0 Å². The number of hydrogen-bond donors (Lipinski definition) is 1. The van der Waals surface area contributed by atoms with Crippen LogP contribution in [0.5, 0.6) is 5.75 Å². The molecule has 114 valence electrons. The van der Waals surface area contributed by atoms with E-state index >= 15 is 0 Å². The van der Waals surface area contributed by atoms with Crippen molar-refractivity contribution in [2.45, 2.75) is 0 Å². The van der Waals surface area contributed by atoms with Crippen LogP contribution in [0.25, 0.3) is 5.65 Å². The maximum absolute atomic E-state index is 12.5. The molecular weight excluding hydrogens is 274 g/mol. The van der Waals surface area contributed by atoms with Gasteiger partial charge in [0.15, 0.2) is 11.4 Å². The normalized spacial score (nSPS) is 11.0. The summed E-state index contributed by atoms with van der Waals surface area (Å²) in [5.74, 6) is -0.177. The fourth-order valence-corrected chi connectivity index (χ4v) is 1.98. The van der Waals surface area contributed by atoms with E-state index in [-0.39, 0.29) is 17.4 Å². The van der Waals surface area contributed by atoms with Gasteiger partial charge < -0.3 is 23.9 Å². The van der Waals surface area contributed by atoms with E-state index in [9.17, 15) is 9.90 Å². The smallest absolute Gasteiger partial charge is 0.274 e. The third-order valence-corrected chi connectivity index (χ3v) is 3.10. The zero-order chi connectivity index (χ0) is 15.2. The number of aromatic nitrogens is 2. The number of carbonyl (C=O) groups excluding carboxylic acids is 1. The molecule has 1 N–H and O–H groups in total. The van der Waals surface area contributed by atoms with Crippen molar-refractivity contribution < 1.29 is 19.4 Å². The van der Waals surface area contributed by atoms with Gasteiger partial charge in [-0.05, 0) is 12.1 Å². The lowest BCUT2D eigenvalue weighted by molar-refractivity contribution is 0.0622. The molecule has 0 fully saturated rings. The summed E-state index contributed by atoms with van der Waals surface area (Å²) < 4.78 is 11.7. The number of hydrogen-bond acceptors (Lipinski definition) is 5. The molecule has 2 heterocycles. The lowest BCUT2D eigenvalue weighted by atomic mass is 10.3. The number of nitrogens with zero attached hydrogens (tertiary/aromatic N) is 3. The van der Waals surface area contributed by atoms with Crippen LogP contribution in [0.15, 0.2) is 24.5 Å². The van der Waals surface area contributed by atoms with E-state index in [0.717, 1.165) is 0 Å². The van der Waals surface area contributed by atoms with Gasteiger partial charge in [0, 0.05) is 39.7 Å². The molecule has 0 spiro atoms. The molecule has 0 saturated heterocycles. The molecule has 0 unspecified atom stereocenters. The number of amides is 1. The van der Waals surface area contributed by atoms with Crippen LogP contribution in [0, 0.1) is 0 Å². The van der Waals surface area contributed by atoms with Crippen LogP contribution in [-0.4, -0.2) is 65.8 Å². The molecule has 0 atom stereocenters. The zero-order valence-electron chi connectivity index (χ0n) is 12.2. The number of rotatable bonds is 7. The molecule has 2 aromatic heterocycles. The highest BCUT2D eigenvalue weighted by Gasteiger charge is 2.19. The van der Waals surface area contributed by atoms with E-state index < -0.39 is 0 Å². The molecule has 0 aliphatic heterocycles. The Kier molecular flexibility index (Phi) is 5.13. The lowest BCUT2D eigenvalue weighted by Crippen LogP contribution is -2.36. The summed E-state index contributed by atoms with van der Waals surface area (Å²) in [5.41, 5.74) is 0.642. The average Bonchev–Trinajstić information content (AvgIpc) is 2.92. The van der Waals surface area contributed by atoms with E-state index in [1.165, 1.54) is 6.07 Å². The third kappa shape index (κ3) is 3.50. The number of methoxy groups -OCH3 is 2. The van der Waals surface area contributed by atoms with Crippen molar-refractivity contribution in [2.24, 2.45) is 0 Å². The Balaban J connectivity index is 2.22. The molecule has 0 aliphatic rings. The summed E-state index contributed by atoms with van der Waals surface area (Å²) >= 11 is 0. The Labute approximate surface area is 122 Å². The first-order chi connectivity index (χ1) is 10.2. The number of fused-ring (bicyclic) bond motifs is 1. The molecule has 7 nitrogen and oxygen atoms in total. The second-order valence-electron chi connectivity index (χ2n) is 4.53. The van der Waals surface area contributed by atoms with E-state index in [2.05, 4.69) is 4.98 Å². The molecule has 2 aromatic rings. The third-order valence-electron chi connectivity index (χ3n) is 3.10. The largest absolute Gasteiger partial charge is 0.504 e. The molecule has 7 heteroatoms. The van der Waals surface area contributed by atoms with Crippen molar-refractivity contribution in [3.8, 4) is 5.75 Å². The minimum Gasteiger partial charge on any atom is -0.504 e. The van der Waals surface area contributed by atoms with Crippen molar-refractivity contribution in [1.82, 2.24) is 14.3 Å². The van der Waals surface area contributed by atoms with E-state index in [4.69, 9.17) is 9.47 Å². The molecule has 0 saturated carbocycles. The van der Waals surface area contributed by atoms with Crippen LogP contribution in [0.2, 0.25) is 0 Å². The fraction of sp³-hybridized carbons (Fsp3) is 0.429. The number of carbonyl (C=O) groups is 1. The molecule has 0 aromatic carbocycles. The zero-order valence-corrected chi connectivity index (χ0v) is 12.2. The molecule has 2 rings (SSSR count). The van der Waals surface area contributed by atoms with Crippen LogP contribution in [0.4, 0.5) is 0 Å². The van der Waals surface area contributed by atoms with Gasteiger partial charge in [-0.15, -0.1) is 0 Å². The van der Waals surface area contributed by atoms with Gasteiger partial charge in [0.05, 0.1) is 13.2 Å². The Morgan fingerprint density at radius 3 is 2.57 bits per heavy atom. The second kappa shape index (κ2) is 7.05. The van der Waals surface area contributed by atoms with E-state index in [1.807, 2.05) is 0 Å². The predicted molar refractivity (Wildman–Crippen MR) is 76.5 cm³/mol. The lowest BCUT2D eigenvalue weighted by Gasteiger charge is -2.20. The standard InChI is InChI=1S/C14H19N3O4/c1-20-8-6-16(7-9-21-2)14(19)11-10-17-5-3-4-12(18)13(17)15-11/h3-5,10,18H,6-9H2,1-2H3. The van der Waals surface area contributed by atoms with Crippen molar-refractivity contribution in [1.29, 1.82) is 0 Å². The topological polar surface area (TPSA) is 76.3 Å². The van der Waals surface area contributed by atoms with Gasteiger partial charge in [-0.25, -0.2) is 4.98 Å². The van der Waals surface area contributed by atoms with Crippen LogP contribution >= 0.6 is 0 Å². The highest BCUT2D eigenvalue weighted by molar-refractivity contribution is 5.93. The molecular formula is C14H19N3O4. The summed E-state index contributed by atoms with van der Waals surface area (Å²) in [4.78, 5) is 18.3. The van der Waals surface area contributed by atoms with E-state index in [0.29, 0.717) is 32.0 Å². The quantitative estimate of drug-likeness (QED) is 0.816. The number of pyridine rings is 1. The Morgan fingerprint density at radius 1 is 1.33 bits per heavy atom. The van der Waals surface area contributed by atoms with Crippen LogP contribution < -0.4 is 0 Å². The van der Waals surface area contributed by atoms with Crippen LogP contribution in [-0.2, 0) is 9.47 Å². The molecule has 0 radical (unpaired) electrons. The van der Waals surface area contributed by atoms with Gasteiger partial charge in [0.1, 0.15) is 5.69 Å². The first-order valence-corrected chi connectivity index (χ1v) is 6.61. The second-order valence-corrected chi connectivity index (χ2v) is 4.53. The van der Waals surface area contributed by atoms with Gasteiger partial charge in [-0.1, -0.05) is 0 Å². The number of aromatic hydroxyl groups is 1. The van der Waals surface area contributed by atoms with Gasteiger partial charge in [0.2, 0.25) is 0 Å². The SMILES string of the molecule is COCCN(CCOC)C(=O)c1cn2cccc(O)c2n1. The van der Waals surface area contributed by atoms with Crippen molar-refractivity contribution in [3.63, 3.8) is 0 Å². The number of imidazole rings is 1. The highest BCUT2D eigenvalue weighted by Crippen LogP contribution is 2.17. The number of ether oxygens (including phenoxy) is 2. The summed E-state index contributed by atoms with van der Waals surface area (Å²) in [6.07, 6.45) is 3.33. The van der Waals surface area contributed by atoms with Crippen LogP contribution in [0.1, 0.15) is 10.5 Å². The molecule has 1 amide bonds. The van der Waals surface area contributed by atoms with Gasteiger partial charge >= 0.3 is 0 Å². The summed E-state index contributed by atoms with van der Waals surface area (Å²) in [5, 5.41) is 9.74. The first kappa shape index (κ1) is 15.3. The first-order valence-electron chi connectivity index (χ1n) is 6.61. The molecule has 0 aliphatic carbocycles. The van der Waals surface area contributed by atoms with Crippen molar-refractivity contribution in [3.05, 3.63) is 30.2 Å². The summed E-state index contributed by atoms with van der Waals surface area (Å²) in [6.45, 7) is 1.79. The maximum atomic E-state index is 12.5. The molecule has 0 bridgehead atoms. The monoisotopic (exact) mass is 293 g/mol. The van der Waals surface area contributed by atoms with Gasteiger partial charge in [-0.3, -0.25) is 4.79 Å². The summed E-state index contributed by atoms with van der Waals surface area (Å²) in [7, 11) is 3.17. The van der Waals surface area contributed by atoms with Gasteiger partial charge in [0.25, 0.3) is 5.91 Å². The summed E-state index contributed by atoms with van der Waals surface area (Å²) in [6, 6.07) is 3.22. The van der Waals surface area contributed by atoms with Crippen molar-refractivity contribution in [2.75, 3.05) is 40.5 Å². The Bertz CT molecular complexity index is 603. The maximum Gasteiger partial charge on any atom is 0.274 e. The minimum absolute atomic E-state index is 0.0388. The Morgan fingerprint density at radius 2 is 2.00 bits per heavy atom. The van der Waals surface area contributed by atoms with Crippen LogP contribution in [0.3, 0.4) is 0 Å². The molecule has 21 heavy (non-hydrogen) atoms. The average molecular weight is 293 g/mol. The predicted octanol–water partition coefficient (Wildman–Crippen LogP) is 0.775.